The third kappa shape index (κ3) is 2.92. The number of nitrogens with zero attached hydrogens (tertiary/aromatic N) is 1. The summed E-state index contributed by atoms with van der Waals surface area (Å²) in [6.45, 7) is 0. The van der Waals surface area contributed by atoms with Crippen molar-refractivity contribution in [3.05, 3.63) is 0 Å². The molecule has 0 radical (unpaired) electrons. The third-order valence-corrected chi connectivity index (χ3v) is 2.69. The minimum Gasteiger partial charge on any atom is -1.00 e. The highest BCUT2D eigenvalue weighted by Gasteiger charge is 2.33. The van der Waals surface area contributed by atoms with Crippen molar-refractivity contribution in [1.29, 1.82) is 0 Å². The molecule has 1 rings (SSSR count). The van der Waals surface area contributed by atoms with Crippen molar-refractivity contribution in [2.24, 2.45) is 0 Å². The van der Waals surface area contributed by atoms with Crippen molar-refractivity contribution in [3.8, 4) is 0 Å². The van der Waals surface area contributed by atoms with Crippen LogP contribution in [-0.4, -0.2) is 42.9 Å². The van der Waals surface area contributed by atoms with Crippen LogP contribution in [0.3, 0.4) is 0 Å². The van der Waals surface area contributed by atoms with E-state index in [0.717, 1.165) is 10.9 Å². The van der Waals surface area contributed by atoms with Gasteiger partial charge in [0.2, 0.25) is 0 Å². The molecular formula is C9H20ClNO. The number of aliphatic hydroxyl groups is 1. The first kappa shape index (κ1) is 12.2. The molecule has 0 bridgehead atoms. The molecule has 0 amide bonds. The second-order valence-corrected chi connectivity index (χ2v) is 4.54. The molecule has 1 aliphatic rings. The van der Waals surface area contributed by atoms with Crippen LogP contribution in [0.1, 0.15) is 25.7 Å². The normalized spacial score (nSPS) is 31.0. The van der Waals surface area contributed by atoms with Gasteiger partial charge in [-0.3, -0.25) is 0 Å². The van der Waals surface area contributed by atoms with Gasteiger partial charge in [0.1, 0.15) is 12.1 Å². The van der Waals surface area contributed by atoms with Gasteiger partial charge in [-0.2, -0.15) is 0 Å². The van der Waals surface area contributed by atoms with E-state index < -0.39 is 0 Å². The second-order valence-electron chi connectivity index (χ2n) is 4.54. The van der Waals surface area contributed by atoms with Gasteiger partial charge in [0, 0.05) is 6.42 Å². The SMILES string of the molecule is C[N+](C)(C)[C@@H]1CCCC[C@H]1O.[Cl-]. The summed E-state index contributed by atoms with van der Waals surface area (Å²) in [6, 6.07) is 0.462. The van der Waals surface area contributed by atoms with Crippen molar-refractivity contribution in [1.82, 2.24) is 0 Å². The molecule has 0 aromatic heterocycles. The molecule has 3 heteroatoms. The Labute approximate surface area is 81.6 Å². The fourth-order valence-corrected chi connectivity index (χ4v) is 2.00. The molecule has 0 unspecified atom stereocenters. The number of quaternary nitrogens is 1. The molecule has 2 nitrogen and oxygen atoms in total. The smallest absolute Gasteiger partial charge is 0.115 e. The summed E-state index contributed by atoms with van der Waals surface area (Å²) in [5.74, 6) is 0. The quantitative estimate of drug-likeness (QED) is 0.478. The van der Waals surface area contributed by atoms with Gasteiger partial charge in [-0.25, -0.2) is 0 Å². The topological polar surface area (TPSA) is 20.2 Å². The largest absolute Gasteiger partial charge is 1.00 e. The standard InChI is InChI=1S/C9H20NO.ClH/c1-10(2,3)8-6-4-5-7-9(8)11;/h8-9,11H,4-7H2,1-3H3;1H/q+1;/p-1/t8-,9-;/m1./s1. The van der Waals surface area contributed by atoms with Crippen LogP contribution >= 0.6 is 0 Å². The molecular weight excluding hydrogens is 174 g/mol. The van der Waals surface area contributed by atoms with Crippen molar-refractivity contribution in [2.45, 2.75) is 37.8 Å². The number of hydrogen-bond donors (Lipinski definition) is 1. The molecule has 0 aliphatic heterocycles. The zero-order valence-electron chi connectivity index (χ0n) is 8.26. The summed E-state index contributed by atoms with van der Waals surface area (Å²) in [4.78, 5) is 0. The summed E-state index contributed by atoms with van der Waals surface area (Å²) in [7, 11) is 6.50. The van der Waals surface area contributed by atoms with Crippen molar-refractivity contribution < 1.29 is 22.0 Å². The van der Waals surface area contributed by atoms with E-state index >= 15 is 0 Å². The predicted octanol–water partition coefficient (Wildman–Crippen LogP) is -2.00. The van der Waals surface area contributed by atoms with Crippen LogP contribution in [0.2, 0.25) is 0 Å². The number of rotatable bonds is 1. The number of hydrogen-bond acceptors (Lipinski definition) is 1. The fraction of sp³-hybridized carbons (Fsp3) is 1.00. The molecule has 74 valence electrons. The first-order valence-corrected chi connectivity index (χ1v) is 4.51. The van der Waals surface area contributed by atoms with Crippen LogP contribution in [0.15, 0.2) is 0 Å². The van der Waals surface area contributed by atoms with Gasteiger partial charge in [0.25, 0.3) is 0 Å². The van der Waals surface area contributed by atoms with Crippen LogP contribution in [0.5, 0.6) is 0 Å². The van der Waals surface area contributed by atoms with Crippen LogP contribution in [0.4, 0.5) is 0 Å². The fourth-order valence-electron chi connectivity index (χ4n) is 2.00. The summed E-state index contributed by atoms with van der Waals surface area (Å²) < 4.78 is 0.904. The summed E-state index contributed by atoms with van der Waals surface area (Å²) >= 11 is 0. The molecule has 0 saturated heterocycles. The summed E-state index contributed by atoms with van der Waals surface area (Å²) in [6.07, 6.45) is 4.61. The lowest BCUT2D eigenvalue weighted by atomic mass is 9.91. The Morgan fingerprint density at radius 1 is 1.08 bits per heavy atom. The molecule has 0 heterocycles. The molecule has 1 aliphatic carbocycles. The first-order valence-electron chi connectivity index (χ1n) is 4.51. The Hall–Kier alpha value is 0.210. The zero-order valence-corrected chi connectivity index (χ0v) is 9.01. The average Bonchev–Trinajstić information content (AvgIpc) is 1.86. The minimum atomic E-state index is -0.0660. The second kappa shape index (κ2) is 4.45. The highest BCUT2D eigenvalue weighted by Crippen LogP contribution is 2.24. The van der Waals surface area contributed by atoms with Gasteiger partial charge in [0.05, 0.1) is 21.1 Å². The maximum Gasteiger partial charge on any atom is 0.115 e. The lowest BCUT2D eigenvalue weighted by molar-refractivity contribution is -0.901. The first-order chi connectivity index (χ1) is 5.02. The van der Waals surface area contributed by atoms with Gasteiger partial charge < -0.3 is 22.0 Å². The molecule has 1 saturated carbocycles. The Kier molecular flexibility index (Phi) is 4.53. The molecule has 0 aromatic rings. The Morgan fingerprint density at radius 3 is 1.92 bits per heavy atom. The molecule has 0 spiro atoms. The van der Waals surface area contributed by atoms with E-state index in [1.807, 2.05) is 0 Å². The van der Waals surface area contributed by atoms with E-state index in [1.54, 1.807) is 0 Å². The Balaban J connectivity index is 0.00000121. The monoisotopic (exact) mass is 193 g/mol. The summed E-state index contributed by atoms with van der Waals surface area (Å²) in [5.41, 5.74) is 0. The highest BCUT2D eigenvalue weighted by molar-refractivity contribution is 4.74. The van der Waals surface area contributed by atoms with E-state index in [-0.39, 0.29) is 18.5 Å². The molecule has 1 N–H and O–H groups in total. The average molecular weight is 194 g/mol. The van der Waals surface area contributed by atoms with Gasteiger partial charge in [-0.1, -0.05) is 6.42 Å². The maximum atomic E-state index is 9.69. The molecule has 0 aromatic carbocycles. The van der Waals surface area contributed by atoms with Crippen molar-refractivity contribution in [3.63, 3.8) is 0 Å². The van der Waals surface area contributed by atoms with Crippen LogP contribution in [0.25, 0.3) is 0 Å². The lowest BCUT2D eigenvalue weighted by Gasteiger charge is -2.39. The van der Waals surface area contributed by atoms with Crippen molar-refractivity contribution >= 4 is 0 Å². The van der Waals surface area contributed by atoms with Gasteiger partial charge in [-0.05, 0) is 12.8 Å². The number of halogens is 1. The third-order valence-electron chi connectivity index (χ3n) is 2.69. The summed E-state index contributed by atoms with van der Waals surface area (Å²) in [5, 5.41) is 9.69. The predicted molar refractivity (Wildman–Crippen MR) is 46.3 cm³/mol. The van der Waals surface area contributed by atoms with Crippen LogP contribution in [0, 0.1) is 0 Å². The molecule has 12 heavy (non-hydrogen) atoms. The van der Waals surface area contributed by atoms with E-state index in [9.17, 15) is 5.11 Å². The van der Waals surface area contributed by atoms with E-state index in [4.69, 9.17) is 0 Å². The van der Waals surface area contributed by atoms with Crippen molar-refractivity contribution in [2.75, 3.05) is 21.1 Å². The van der Waals surface area contributed by atoms with Gasteiger partial charge in [0.15, 0.2) is 0 Å². The molecule has 1 fully saturated rings. The highest BCUT2D eigenvalue weighted by atomic mass is 35.5. The zero-order chi connectivity index (χ0) is 8.48. The van der Waals surface area contributed by atoms with Gasteiger partial charge in [-0.15, -0.1) is 0 Å². The lowest BCUT2D eigenvalue weighted by Crippen LogP contribution is -3.00. The Morgan fingerprint density at radius 2 is 1.58 bits per heavy atom. The van der Waals surface area contributed by atoms with E-state index in [2.05, 4.69) is 21.1 Å². The van der Waals surface area contributed by atoms with Crippen LogP contribution in [-0.2, 0) is 0 Å². The van der Waals surface area contributed by atoms with Crippen LogP contribution < -0.4 is 12.4 Å². The molecule has 2 atom stereocenters. The van der Waals surface area contributed by atoms with E-state index in [1.165, 1.54) is 19.3 Å². The number of aliphatic hydroxyl groups excluding tert-OH is 1. The minimum absolute atomic E-state index is 0. The maximum absolute atomic E-state index is 9.69. The Bertz CT molecular complexity index is 133. The number of likely N-dealkylation sites (N-methyl/N-ethyl adjacent to an activating group) is 1. The van der Waals surface area contributed by atoms with E-state index in [0.29, 0.717) is 6.04 Å². The van der Waals surface area contributed by atoms with Gasteiger partial charge >= 0.3 is 0 Å².